The molecular weight excluding hydrogens is 145 g/mol. The van der Waals surface area contributed by atoms with Crippen LogP contribution in [0, 0.1) is 5.82 Å². The molecule has 11 heavy (non-hydrogen) atoms. The van der Waals surface area contributed by atoms with E-state index in [4.69, 9.17) is 4.74 Å². The molecule has 0 N–H and O–H groups in total. The number of nitrogens with zero attached hydrogens (tertiary/aromatic N) is 1. The van der Waals surface area contributed by atoms with Gasteiger partial charge in [0.15, 0.2) is 0 Å². The third-order valence-corrected chi connectivity index (χ3v) is 1.29. The van der Waals surface area contributed by atoms with Crippen molar-refractivity contribution in [2.75, 3.05) is 7.11 Å². The van der Waals surface area contributed by atoms with Gasteiger partial charge in [-0.15, -0.1) is 0 Å². The van der Waals surface area contributed by atoms with Crippen LogP contribution in [0.4, 0.5) is 4.39 Å². The van der Waals surface area contributed by atoms with E-state index in [1.807, 2.05) is 0 Å². The zero-order valence-electron chi connectivity index (χ0n) is 6.17. The standard InChI is InChI=1S/C8H8FNO/c1-3-6-5-10-8(11-2)4-7(6)9/h3-5H,1H2,2H3. The molecule has 1 heterocycles. The van der Waals surface area contributed by atoms with Crippen LogP contribution in [0.1, 0.15) is 5.56 Å². The minimum atomic E-state index is -0.369. The van der Waals surface area contributed by atoms with Crippen molar-refractivity contribution in [3.63, 3.8) is 0 Å². The molecule has 0 radical (unpaired) electrons. The first-order valence-electron chi connectivity index (χ1n) is 3.10. The smallest absolute Gasteiger partial charge is 0.215 e. The number of aromatic nitrogens is 1. The minimum Gasteiger partial charge on any atom is -0.481 e. The first-order valence-corrected chi connectivity index (χ1v) is 3.10. The highest BCUT2D eigenvalue weighted by Gasteiger charge is 2.00. The molecule has 1 aromatic heterocycles. The molecule has 0 aliphatic carbocycles. The van der Waals surface area contributed by atoms with Gasteiger partial charge in [0, 0.05) is 17.8 Å². The molecule has 0 amide bonds. The van der Waals surface area contributed by atoms with Crippen molar-refractivity contribution in [1.82, 2.24) is 4.98 Å². The van der Waals surface area contributed by atoms with Gasteiger partial charge in [-0.25, -0.2) is 9.37 Å². The third kappa shape index (κ3) is 1.55. The highest BCUT2D eigenvalue weighted by atomic mass is 19.1. The van der Waals surface area contributed by atoms with E-state index in [0.29, 0.717) is 5.56 Å². The maximum atomic E-state index is 12.8. The molecule has 0 aliphatic rings. The third-order valence-electron chi connectivity index (χ3n) is 1.29. The van der Waals surface area contributed by atoms with Crippen LogP contribution in [0.25, 0.3) is 6.08 Å². The summed E-state index contributed by atoms with van der Waals surface area (Å²) in [5.41, 5.74) is 0.380. The normalized spacial score (nSPS) is 9.27. The maximum Gasteiger partial charge on any atom is 0.215 e. The summed E-state index contributed by atoms with van der Waals surface area (Å²) in [6.07, 6.45) is 2.78. The molecule has 0 fully saturated rings. The fraction of sp³-hybridized carbons (Fsp3) is 0.125. The van der Waals surface area contributed by atoms with E-state index in [2.05, 4.69) is 11.6 Å². The Balaban J connectivity index is 3.09. The van der Waals surface area contributed by atoms with Crippen LogP contribution in [-0.2, 0) is 0 Å². The molecule has 58 valence electrons. The summed E-state index contributed by atoms with van der Waals surface area (Å²) < 4.78 is 17.6. The molecule has 1 aromatic rings. The van der Waals surface area contributed by atoms with Gasteiger partial charge in [-0.3, -0.25) is 0 Å². The number of halogens is 1. The van der Waals surface area contributed by atoms with Crippen LogP contribution in [-0.4, -0.2) is 12.1 Å². The second-order valence-electron chi connectivity index (χ2n) is 1.95. The molecule has 0 atom stereocenters. The van der Waals surface area contributed by atoms with Crippen molar-refractivity contribution >= 4 is 6.08 Å². The number of hydrogen-bond donors (Lipinski definition) is 0. The van der Waals surface area contributed by atoms with Crippen molar-refractivity contribution in [2.24, 2.45) is 0 Å². The minimum absolute atomic E-state index is 0.271. The maximum absolute atomic E-state index is 12.8. The van der Waals surface area contributed by atoms with E-state index >= 15 is 0 Å². The van der Waals surface area contributed by atoms with E-state index in [1.54, 1.807) is 0 Å². The summed E-state index contributed by atoms with van der Waals surface area (Å²) in [7, 11) is 1.44. The molecule has 0 spiro atoms. The Kier molecular flexibility index (Phi) is 2.21. The zero-order valence-corrected chi connectivity index (χ0v) is 6.17. The molecule has 3 heteroatoms. The number of rotatable bonds is 2. The van der Waals surface area contributed by atoms with Crippen molar-refractivity contribution < 1.29 is 9.13 Å². The fourth-order valence-electron chi connectivity index (χ4n) is 0.686. The molecule has 0 unspecified atom stereocenters. The Morgan fingerprint density at radius 2 is 2.45 bits per heavy atom. The van der Waals surface area contributed by atoms with Crippen LogP contribution in [0.3, 0.4) is 0 Å². The van der Waals surface area contributed by atoms with Crippen molar-refractivity contribution in [3.8, 4) is 5.88 Å². The van der Waals surface area contributed by atoms with Crippen LogP contribution < -0.4 is 4.74 Å². The number of pyridine rings is 1. The molecule has 2 nitrogen and oxygen atoms in total. The van der Waals surface area contributed by atoms with Crippen LogP contribution in [0.5, 0.6) is 5.88 Å². The SMILES string of the molecule is C=Cc1cnc(OC)cc1F. The lowest BCUT2D eigenvalue weighted by Crippen LogP contribution is -1.90. The van der Waals surface area contributed by atoms with E-state index in [0.717, 1.165) is 0 Å². The molecule has 1 rings (SSSR count). The Morgan fingerprint density at radius 1 is 1.73 bits per heavy atom. The Morgan fingerprint density at radius 3 is 2.91 bits per heavy atom. The summed E-state index contributed by atoms with van der Waals surface area (Å²) >= 11 is 0. The average Bonchev–Trinajstić information content (AvgIpc) is 2.04. The first kappa shape index (κ1) is 7.72. The number of methoxy groups -OCH3 is 1. The molecule has 0 bridgehead atoms. The van der Waals surface area contributed by atoms with E-state index in [9.17, 15) is 4.39 Å². The monoisotopic (exact) mass is 153 g/mol. The van der Waals surface area contributed by atoms with Gasteiger partial charge in [-0.2, -0.15) is 0 Å². The summed E-state index contributed by atoms with van der Waals surface area (Å²) in [5.74, 6) is -0.0973. The summed E-state index contributed by atoms with van der Waals surface area (Å²) in [6, 6.07) is 1.22. The van der Waals surface area contributed by atoms with Crippen LogP contribution in [0.2, 0.25) is 0 Å². The second-order valence-corrected chi connectivity index (χ2v) is 1.95. The van der Waals surface area contributed by atoms with Gasteiger partial charge in [-0.05, 0) is 0 Å². The fourth-order valence-corrected chi connectivity index (χ4v) is 0.686. The van der Waals surface area contributed by atoms with Crippen molar-refractivity contribution in [3.05, 3.63) is 30.2 Å². The predicted molar refractivity (Wildman–Crippen MR) is 40.8 cm³/mol. The Labute approximate surface area is 64.3 Å². The van der Waals surface area contributed by atoms with Crippen molar-refractivity contribution in [1.29, 1.82) is 0 Å². The van der Waals surface area contributed by atoms with Gasteiger partial charge < -0.3 is 4.74 Å². The van der Waals surface area contributed by atoms with Gasteiger partial charge >= 0.3 is 0 Å². The number of hydrogen-bond acceptors (Lipinski definition) is 2. The van der Waals surface area contributed by atoms with Crippen LogP contribution >= 0.6 is 0 Å². The lowest BCUT2D eigenvalue weighted by molar-refractivity contribution is 0.394. The van der Waals surface area contributed by atoms with E-state index in [1.165, 1.54) is 25.4 Å². The summed E-state index contributed by atoms with van der Waals surface area (Å²) in [6.45, 7) is 3.43. The predicted octanol–water partition coefficient (Wildman–Crippen LogP) is 1.87. The molecule has 0 saturated carbocycles. The molecule has 0 aliphatic heterocycles. The van der Waals surface area contributed by atoms with Crippen LogP contribution in [0.15, 0.2) is 18.8 Å². The van der Waals surface area contributed by atoms with Gasteiger partial charge in [0.05, 0.1) is 7.11 Å². The van der Waals surface area contributed by atoms with Gasteiger partial charge in [0.2, 0.25) is 5.88 Å². The van der Waals surface area contributed by atoms with Gasteiger partial charge in [0.25, 0.3) is 0 Å². The average molecular weight is 153 g/mol. The molecule has 0 aromatic carbocycles. The summed E-state index contributed by atoms with van der Waals surface area (Å²) in [4.78, 5) is 3.80. The van der Waals surface area contributed by atoms with Gasteiger partial charge in [-0.1, -0.05) is 12.7 Å². The quantitative estimate of drug-likeness (QED) is 0.647. The summed E-state index contributed by atoms with van der Waals surface area (Å²) in [5, 5.41) is 0. The lowest BCUT2D eigenvalue weighted by Gasteiger charge is -1.99. The molecule has 0 saturated heterocycles. The highest BCUT2D eigenvalue weighted by molar-refractivity contribution is 5.46. The largest absolute Gasteiger partial charge is 0.481 e. The Bertz CT molecular complexity index is 273. The molecular formula is C8H8FNO. The van der Waals surface area contributed by atoms with E-state index < -0.39 is 0 Å². The zero-order chi connectivity index (χ0) is 8.27. The van der Waals surface area contributed by atoms with Gasteiger partial charge in [0.1, 0.15) is 5.82 Å². The second kappa shape index (κ2) is 3.14. The van der Waals surface area contributed by atoms with Crippen molar-refractivity contribution in [2.45, 2.75) is 0 Å². The number of ether oxygens (including phenoxy) is 1. The highest BCUT2D eigenvalue weighted by Crippen LogP contribution is 2.12. The van der Waals surface area contributed by atoms with E-state index in [-0.39, 0.29) is 11.7 Å². The lowest BCUT2D eigenvalue weighted by atomic mass is 10.3. The topological polar surface area (TPSA) is 22.1 Å². The Hall–Kier alpha value is -1.38. The first-order chi connectivity index (χ1) is 5.27.